The van der Waals surface area contributed by atoms with E-state index in [1.54, 1.807) is 6.08 Å². The number of rotatable bonds is 1. The summed E-state index contributed by atoms with van der Waals surface area (Å²) in [4.78, 5) is 11.6. The van der Waals surface area contributed by atoms with Gasteiger partial charge in [-0.05, 0) is 86.5 Å². The average molecular weight is 342 g/mol. The number of aliphatic hydroxyl groups is 1. The molecule has 0 aromatic carbocycles. The Labute approximate surface area is 150 Å². The van der Waals surface area contributed by atoms with Crippen LogP contribution in [0.25, 0.3) is 0 Å². The molecule has 0 amide bonds. The van der Waals surface area contributed by atoms with Gasteiger partial charge in [0.05, 0.1) is 5.60 Å². The van der Waals surface area contributed by atoms with Gasteiger partial charge in [0.25, 0.3) is 0 Å². The van der Waals surface area contributed by atoms with E-state index in [1.807, 2.05) is 0 Å². The zero-order valence-corrected chi connectivity index (χ0v) is 15.2. The number of carbonyl (C=O) groups excluding carboxylic acids is 1. The second kappa shape index (κ2) is 5.45. The van der Waals surface area contributed by atoms with E-state index in [0.29, 0.717) is 24.4 Å². The predicted molar refractivity (Wildman–Crippen MR) is 95.6 cm³/mol. The maximum atomic E-state index is 12.0. The van der Waals surface area contributed by atoms with E-state index in [0.717, 1.165) is 36.7 Å². The van der Waals surface area contributed by atoms with Crippen LogP contribution in [0, 0.1) is 35.0 Å². The van der Waals surface area contributed by atoms with Crippen LogP contribution in [0.3, 0.4) is 0 Å². The van der Waals surface area contributed by atoms with Gasteiger partial charge >= 0.3 is 5.97 Å². The minimum absolute atomic E-state index is 0.0919. The summed E-state index contributed by atoms with van der Waals surface area (Å²) < 4.78 is 5.19. The Hall–Kier alpha value is -1.09. The van der Waals surface area contributed by atoms with Crippen molar-refractivity contribution in [2.45, 2.75) is 63.9 Å². The molecule has 0 bridgehead atoms. The molecule has 3 fully saturated rings. The molecule has 5 rings (SSSR count). The molecule has 1 N–H and O–H groups in total. The molecule has 0 unspecified atom stereocenters. The number of cyclic esters (lactones) is 1. The smallest absolute Gasteiger partial charge is 0.331 e. The van der Waals surface area contributed by atoms with Gasteiger partial charge in [0.2, 0.25) is 0 Å². The SMILES string of the molecule is C[C@]12CC[C@@H]3[C@H]4CCC=C[C@H]4CC[C@H]3[C@@]1(O)CC[C@@H]2C1=CC(=O)OC1. The molecule has 4 aliphatic carbocycles. The van der Waals surface area contributed by atoms with E-state index in [1.165, 1.54) is 32.1 Å². The summed E-state index contributed by atoms with van der Waals surface area (Å²) in [7, 11) is 0. The van der Waals surface area contributed by atoms with Crippen molar-refractivity contribution in [1.29, 1.82) is 0 Å². The molecule has 0 saturated heterocycles. The minimum atomic E-state index is -0.556. The van der Waals surface area contributed by atoms with E-state index in [9.17, 15) is 9.90 Å². The van der Waals surface area contributed by atoms with Crippen LogP contribution in [0.15, 0.2) is 23.8 Å². The van der Waals surface area contributed by atoms with Gasteiger partial charge in [-0.25, -0.2) is 4.79 Å². The Morgan fingerprint density at radius 3 is 2.80 bits per heavy atom. The zero-order chi connectivity index (χ0) is 17.2. The van der Waals surface area contributed by atoms with Crippen LogP contribution >= 0.6 is 0 Å². The van der Waals surface area contributed by atoms with Gasteiger partial charge in [0, 0.05) is 11.5 Å². The summed E-state index contributed by atoms with van der Waals surface area (Å²) >= 11 is 0. The summed E-state index contributed by atoms with van der Waals surface area (Å²) in [6.45, 7) is 2.75. The molecule has 1 heterocycles. The number of fused-ring (bicyclic) bond motifs is 5. The summed E-state index contributed by atoms with van der Waals surface area (Å²) in [5.41, 5.74) is 0.487. The highest BCUT2D eigenvalue weighted by Gasteiger charge is 2.65. The third kappa shape index (κ3) is 2.11. The molecule has 3 saturated carbocycles. The molecule has 3 nitrogen and oxygen atoms in total. The lowest BCUT2D eigenvalue weighted by atomic mass is 9.48. The molecular formula is C22H30O3. The fourth-order valence-corrected chi connectivity index (χ4v) is 7.57. The first-order chi connectivity index (χ1) is 12.0. The summed E-state index contributed by atoms with van der Waals surface area (Å²) in [6.07, 6.45) is 15.7. The molecule has 25 heavy (non-hydrogen) atoms. The average Bonchev–Trinajstić information content (AvgIpc) is 3.15. The van der Waals surface area contributed by atoms with Gasteiger partial charge in [-0.1, -0.05) is 19.1 Å². The highest BCUT2D eigenvalue weighted by molar-refractivity contribution is 5.85. The monoisotopic (exact) mass is 342 g/mol. The van der Waals surface area contributed by atoms with Gasteiger partial charge in [0.15, 0.2) is 0 Å². The number of allylic oxidation sites excluding steroid dienone is 2. The van der Waals surface area contributed by atoms with Crippen LogP contribution in [0.2, 0.25) is 0 Å². The van der Waals surface area contributed by atoms with Crippen LogP contribution in [0.1, 0.15) is 58.3 Å². The maximum absolute atomic E-state index is 12.0. The third-order valence-corrected chi connectivity index (χ3v) is 8.79. The van der Waals surface area contributed by atoms with Crippen molar-refractivity contribution < 1.29 is 14.6 Å². The van der Waals surface area contributed by atoms with Crippen molar-refractivity contribution in [2.24, 2.45) is 35.0 Å². The normalized spacial score (nSPS) is 51.4. The van der Waals surface area contributed by atoms with E-state index < -0.39 is 5.60 Å². The lowest BCUT2D eigenvalue weighted by molar-refractivity contribution is -0.179. The van der Waals surface area contributed by atoms with Gasteiger partial charge in [-0.15, -0.1) is 0 Å². The van der Waals surface area contributed by atoms with Gasteiger partial charge < -0.3 is 9.84 Å². The molecular weight excluding hydrogens is 312 g/mol. The Bertz CT molecular complexity index is 650. The molecule has 0 radical (unpaired) electrons. The van der Waals surface area contributed by atoms with E-state index >= 15 is 0 Å². The Morgan fingerprint density at radius 1 is 1.12 bits per heavy atom. The fourth-order valence-electron chi connectivity index (χ4n) is 7.57. The quantitative estimate of drug-likeness (QED) is 0.578. The first-order valence-corrected chi connectivity index (χ1v) is 10.3. The maximum Gasteiger partial charge on any atom is 0.331 e. The van der Waals surface area contributed by atoms with Crippen LogP contribution < -0.4 is 0 Å². The predicted octanol–water partition coefficient (Wildman–Crippen LogP) is 4.02. The van der Waals surface area contributed by atoms with Crippen LogP contribution in [-0.4, -0.2) is 23.3 Å². The van der Waals surface area contributed by atoms with E-state index in [-0.39, 0.29) is 11.4 Å². The highest BCUT2D eigenvalue weighted by Crippen LogP contribution is 2.67. The van der Waals surface area contributed by atoms with Gasteiger partial charge in [-0.3, -0.25) is 0 Å². The van der Waals surface area contributed by atoms with Crippen LogP contribution in [0.5, 0.6) is 0 Å². The molecule has 0 spiro atoms. The Kier molecular flexibility index (Phi) is 3.51. The number of ether oxygens (including phenoxy) is 1. The zero-order valence-electron chi connectivity index (χ0n) is 15.2. The Morgan fingerprint density at radius 2 is 2.00 bits per heavy atom. The van der Waals surface area contributed by atoms with Crippen molar-refractivity contribution in [1.82, 2.24) is 0 Å². The Balaban J connectivity index is 1.47. The molecule has 0 aromatic heterocycles. The van der Waals surface area contributed by atoms with Crippen LogP contribution in [0.4, 0.5) is 0 Å². The number of esters is 1. The van der Waals surface area contributed by atoms with Crippen molar-refractivity contribution in [2.75, 3.05) is 6.61 Å². The van der Waals surface area contributed by atoms with Gasteiger partial charge in [-0.2, -0.15) is 0 Å². The van der Waals surface area contributed by atoms with E-state index in [4.69, 9.17) is 4.74 Å². The van der Waals surface area contributed by atoms with E-state index in [2.05, 4.69) is 19.1 Å². The summed E-state index contributed by atoms with van der Waals surface area (Å²) in [5.74, 6) is 2.79. The molecule has 7 atom stereocenters. The summed E-state index contributed by atoms with van der Waals surface area (Å²) in [6, 6.07) is 0. The topological polar surface area (TPSA) is 46.5 Å². The first-order valence-electron chi connectivity index (χ1n) is 10.3. The number of hydrogen-bond donors (Lipinski definition) is 1. The standard InChI is InChI=1S/C22H30O3/c1-21-10-8-17-16-5-3-2-4-14(16)6-7-19(17)22(21,24)11-9-18(21)15-12-20(23)25-13-15/h2,4,12,14,16-19,24H,3,5-11,13H2,1H3/t14-,16-,17+,18+,19+,21+,22-/m0/s1. The lowest BCUT2D eigenvalue weighted by Gasteiger charge is -2.59. The van der Waals surface area contributed by atoms with Crippen molar-refractivity contribution in [3.05, 3.63) is 23.8 Å². The van der Waals surface area contributed by atoms with Gasteiger partial charge in [0.1, 0.15) is 6.61 Å². The molecule has 136 valence electrons. The summed E-state index contributed by atoms with van der Waals surface area (Å²) in [5, 5.41) is 12.0. The lowest BCUT2D eigenvalue weighted by Crippen LogP contribution is -2.59. The molecule has 0 aromatic rings. The number of hydrogen-bond acceptors (Lipinski definition) is 3. The minimum Gasteiger partial charge on any atom is -0.458 e. The second-order valence-electron chi connectivity index (χ2n) is 9.48. The van der Waals surface area contributed by atoms with Crippen LogP contribution in [-0.2, 0) is 9.53 Å². The third-order valence-electron chi connectivity index (χ3n) is 8.79. The van der Waals surface area contributed by atoms with Crippen molar-refractivity contribution >= 4 is 5.97 Å². The van der Waals surface area contributed by atoms with Crippen molar-refractivity contribution in [3.8, 4) is 0 Å². The molecule has 5 aliphatic rings. The molecule has 3 heteroatoms. The highest BCUT2D eigenvalue weighted by atomic mass is 16.5. The number of carbonyl (C=O) groups is 1. The molecule has 1 aliphatic heterocycles. The van der Waals surface area contributed by atoms with Crippen molar-refractivity contribution in [3.63, 3.8) is 0 Å². The first kappa shape index (κ1) is 16.1. The second-order valence-corrected chi connectivity index (χ2v) is 9.48. The fraction of sp³-hybridized carbons (Fsp3) is 0.773. The largest absolute Gasteiger partial charge is 0.458 e.